The predicted octanol–water partition coefficient (Wildman–Crippen LogP) is 0.614. The van der Waals surface area contributed by atoms with Crippen LogP contribution in [0.1, 0.15) is 13.3 Å². The molecule has 0 radical (unpaired) electrons. The van der Waals surface area contributed by atoms with Crippen molar-refractivity contribution in [3.05, 3.63) is 0 Å². The van der Waals surface area contributed by atoms with E-state index >= 15 is 0 Å². The lowest BCUT2D eigenvalue weighted by Crippen LogP contribution is -2.35. The van der Waals surface area contributed by atoms with Gasteiger partial charge in [0.1, 0.15) is 0 Å². The SMILES string of the molecule is COC(=O)[C@@H](C[C@H](OC)[C@H](C)OC)OC. The Balaban J connectivity index is 4.29. The third-order valence-corrected chi connectivity index (χ3v) is 2.39. The second-order valence-corrected chi connectivity index (χ2v) is 3.20. The van der Waals surface area contributed by atoms with E-state index < -0.39 is 12.1 Å². The van der Waals surface area contributed by atoms with Gasteiger partial charge in [-0.25, -0.2) is 4.79 Å². The minimum Gasteiger partial charge on any atom is -0.467 e. The Morgan fingerprint density at radius 2 is 1.67 bits per heavy atom. The van der Waals surface area contributed by atoms with Gasteiger partial charge < -0.3 is 18.9 Å². The zero-order valence-corrected chi connectivity index (χ0v) is 9.98. The van der Waals surface area contributed by atoms with Gasteiger partial charge in [0.15, 0.2) is 6.10 Å². The fourth-order valence-corrected chi connectivity index (χ4v) is 1.26. The average molecular weight is 220 g/mol. The summed E-state index contributed by atoms with van der Waals surface area (Å²) in [6.07, 6.45) is -0.497. The molecule has 15 heavy (non-hydrogen) atoms. The highest BCUT2D eigenvalue weighted by atomic mass is 16.6. The van der Waals surface area contributed by atoms with Crippen molar-refractivity contribution >= 4 is 5.97 Å². The monoisotopic (exact) mass is 220 g/mol. The molecular weight excluding hydrogens is 200 g/mol. The molecule has 5 nitrogen and oxygen atoms in total. The van der Waals surface area contributed by atoms with Crippen LogP contribution in [0, 0.1) is 0 Å². The molecule has 0 aliphatic rings. The van der Waals surface area contributed by atoms with Gasteiger partial charge in [-0.15, -0.1) is 0 Å². The first-order valence-corrected chi connectivity index (χ1v) is 4.76. The van der Waals surface area contributed by atoms with E-state index in [0.29, 0.717) is 6.42 Å². The summed E-state index contributed by atoms with van der Waals surface area (Å²) in [5, 5.41) is 0. The number of esters is 1. The zero-order valence-electron chi connectivity index (χ0n) is 9.98. The Kier molecular flexibility index (Phi) is 7.29. The molecule has 0 spiro atoms. The second kappa shape index (κ2) is 7.62. The summed E-state index contributed by atoms with van der Waals surface area (Å²) in [4.78, 5) is 11.3. The molecule has 0 heterocycles. The lowest BCUT2D eigenvalue weighted by molar-refractivity contribution is -0.156. The van der Waals surface area contributed by atoms with Crippen LogP contribution in [-0.2, 0) is 23.7 Å². The molecule has 0 fully saturated rings. The van der Waals surface area contributed by atoms with Crippen LogP contribution in [0.3, 0.4) is 0 Å². The van der Waals surface area contributed by atoms with Crippen LogP contribution in [-0.4, -0.2) is 52.7 Å². The van der Waals surface area contributed by atoms with Crippen molar-refractivity contribution in [3.63, 3.8) is 0 Å². The summed E-state index contributed by atoms with van der Waals surface area (Å²) < 4.78 is 20.0. The molecule has 0 aliphatic heterocycles. The van der Waals surface area contributed by atoms with Crippen LogP contribution in [0.15, 0.2) is 0 Å². The fourth-order valence-electron chi connectivity index (χ4n) is 1.26. The van der Waals surface area contributed by atoms with E-state index in [1.54, 1.807) is 14.2 Å². The Morgan fingerprint density at radius 1 is 1.07 bits per heavy atom. The molecule has 0 aromatic carbocycles. The van der Waals surface area contributed by atoms with Crippen molar-refractivity contribution in [2.45, 2.75) is 31.7 Å². The number of methoxy groups -OCH3 is 4. The largest absolute Gasteiger partial charge is 0.467 e. The van der Waals surface area contributed by atoms with Crippen LogP contribution < -0.4 is 0 Å². The second-order valence-electron chi connectivity index (χ2n) is 3.20. The van der Waals surface area contributed by atoms with Gasteiger partial charge in [0.2, 0.25) is 0 Å². The number of rotatable bonds is 7. The maximum Gasteiger partial charge on any atom is 0.335 e. The topological polar surface area (TPSA) is 54.0 Å². The predicted molar refractivity (Wildman–Crippen MR) is 54.7 cm³/mol. The Labute approximate surface area is 90.6 Å². The van der Waals surface area contributed by atoms with Crippen LogP contribution in [0.5, 0.6) is 0 Å². The molecule has 0 aromatic heterocycles. The van der Waals surface area contributed by atoms with Gasteiger partial charge in [0.25, 0.3) is 0 Å². The number of hydrogen-bond acceptors (Lipinski definition) is 5. The summed E-state index contributed by atoms with van der Waals surface area (Å²) in [5.41, 5.74) is 0. The normalized spacial score (nSPS) is 16.9. The lowest BCUT2D eigenvalue weighted by atomic mass is 10.1. The molecule has 0 N–H and O–H groups in total. The smallest absolute Gasteiger partial charge is 0.335 e. The minimum atomic E-state index is -0.613. The highest BCUT2D eigenvalue weighted by Crippen LogP contribution is 2.12. The third-order valence-electron chi connectivity index (χ3n) is 2.39. The summed E-state index contributed by atoms with van der Waals surface area (Å²) in [6, 6.07) is 0. The van der Waals surface area contributed by atoms with Crippen molar-refractivity contribution in [1.29, 1.82) is 0 Å². The van der Waals surface area contributed by atoms with E-state index in [4.69, 9.17) is 14.2 Å². The maximum atomic E-state index is 11.3. The van der Waals surface area contributed by atoms with Crippen molar-refractivity contribution in [1.82, 2.24) is 0 Å². The molecule has 0 bridgehead atoms. The molecular formula is C10H20O5. The number of ether oxygens (including phenoxy) is 4. The van der Waals surface area contributed by atoms with Crippen molar-refractivity contribution in [2.75, 3.05) is 28.4 Å². The van der Waals surface area contributed by atoms with E-state index in [0.717, 1.165) is 0 Å². The van der Waals surface area contributed by atoms with Gasteiger partial charge >= 0.3 is 5.97 Å². The first-order chi connectivity index (χ1) is 7.10. The molecule has 0 rings (SSSR count). The Morgan fingerprint density at radius 3 is 2.00 bits per heavy atom. The summed E-state index contributed by atoms with van der Waals surface area (Å²) >= 11 is 0. The van der Waals surface area contributed by atoms with Gasteiger partial charge in [-0.1, -0.05) is 0 Å². The third kappa shape index (κ3) is 4.59. The Hall–Kier alpha value is -0.650. The number of hydrogen-bond donors (Lipinski definition) is 0. The molecule has 0 saturated heterocycles. The molecule has 5 heteroatoms. The van der Waals surface area contributed by atoms with Crippen molar-refractivity contribution in [3.8, 4) is 0 Å². The van der Waals surface area contributed by atoms with Gasteiger partial charge in [0.05, 0.1) is 19.3 Å². The summed E-state index contributed by atoms with van der Waals surface area (Å²) in [5.74, 6) is -0.400. The zero-order chi connectivity index (χ0) is 11.8. The standard InChI is InChI=1S/C10H20O5/c1-7(12-2)8(13-3)6-9(14-4)10(11)15-5/h7-9H,6H2,1-5H3/t7-,8-,9+/m0/s1. The van der Waals surface area contributed by atoms with E-state index in [1.165, 1.54) is 14.2 Å². The van der Waals surface area contributed by atoms with Gasteiger partial charge in [0, 0.05) is 27.8 Å². The molecule has 0 aliphatic carbocycles. The van der Waals surface area contributed by atoms with E-state index in [2.05, 4.69) is 4.74 Å². The maximum absolute atomic E-state index is 11.3. The number of carbonyl (C=O) groups excluding carboxylic acids is 1. The van der Waals surface area contributed by atoms with Gasteiger partial charge in [-0.05, 0) is 6.92 Å². The summed E-state index contributed by atoms with van der Waals surface area (Å²) in [6.45, 7) is 1.87. The molecule has 0 aromatic rings. The first kappa shape index (κ1) is 14.3. The summed E-state index contributed by atoms with van der Waals surface area (Å²) in [7, 11) is 5.96. The minimum absolute atomic E-state index is 0.0997. The first-order valence-electron chi connectivity index (χ1n) is 4.76. The highest BCUT2D eigenvalue weighted by Gasteiger charge is 2.26. The van der Waals surface area contributed by atoms with E-state index in [9.17, 15) is 4.79 Å². The molecule has 90 valence electrons. The van der Waals surface area contributed by atoms with Crippen LogP contribution in [0.25, 0.3) is 0 Å². The molecule has 0 unspecified atom stereocenters. The lowest BCUT2D eigenvalue weighted by Gasteiger charge is -2.24. The van der Waals surface area contributed by atoms with Crippen LogP contribution >= 0.6 is 0 Å². The highest BCUT2D eigenvalue weighted by molar-refractivity contribution is 5.74. The van der Waals surface area contributed by atoms with Crippen molar-refractivity contribution < 1.29 is 23.7 Å². The van der Waals surface area contributed by atoms with E-state index in [-0.39, 0.29) is 12.2 Å². The number of carbonyl (C=O) groups is 1. The molecule has 0 saturated carbocycles. The average Bonchev–Trinajstić information content (AvgIpc) is 2.28. The molecule has 3 atom stereocenters. The fraction of sp³-hybridized carbons (Fsp3) is 0.900. The van der Waals surface area contributed by atoms with Crippen molar-refractivity contribution in [2.24, 2.45) is 0 Å². The molecule has 0 amide bonds. The van der Waals surface area contributed by atoms with Gasteiger partial charge in [-0.3, -0.25) is 0 Å². The Bertz CT molecular complexity index is 183. The van der Waals surface area contributed by atoms with E-state index in [1.807, 2.05) is 6.92 Å². The van der Waals surface area contributed by atoms with Gasteiger partial charge in [-0.2, -0.15) is 0 Å². The van der Waals surface area contributed by atoms with Crippen LogP contribution in [0.2, 0.25) is 0 Å². The van der Waals surface area contributed by atoms with Crippen LogP contribution in [0.4, 0.5) is 0 Å². The quantitative estimate of drug-likeness (QED) is 0.588.